The van der Waals surface area contributed by atoms with E-state index in [9.17, 15) is 14.7 Å². The summed E-state index contributed by atoms with van der Waals surface area (Å²) in [4.78, 5) is 24.9. The van der Waals surface area contributed by atoms with Gasteiger partial charge in [0, 0.05) is 18.1 Å². The summed E-state index contributed by atoms with van der Waals surface area (Å²) < 4.78 is 0. The molecule has 1 aliphatic heterocycles. The third-order valence-electron chi connectivity index (χ3n) is 2.82. The molecule has 19 heavy (non-hydrogen) atoms. The van der Waals surface area contributed by atoms with Crippen LogP contribution < -0.4 is 5.32 Å². The van der Waals surface area contributed by atoms with Crippen molar-refractivity contribution < 1.29 is 14.7 Å². The zero-order valence-corrected chi connectivity index (χ0v) is 11.4. The lowest BCUT2D eigenvalue weighted by Crippen LogP contribution is -2.38. The molecule has 1 saturated heterocycles. The highest BCUT2D eigenvalue weighted by Gasteiger charge is 2.29. The SMILES string of the molecule is O=C(Nc1ccc(Cl)cc1Cl)C(=O)N1CC[C@@H](O)C1. The van der Waals surface area contributed by atoms with Crippen LogP contribution in [-0.4, -0.2) is 41.0 Å². The molecule has 0 spiro atoms. The predicted molar refractivity (Wildman–Crippen MR) is 72.3 cm³/mol. The number of carbonyl (C=O) groups is 2. The van der Waals surface area contributed by atoms with Crippen molar-refractivity contribution in [2.45, 2.75) is 12.5 Å². The Labute approximate surface area is 120 Å². The van der Waals surface area contributed by atoms with Crippen molar-refractivity contribution in [3.63, 3.8) is 0 Å². The van der Waals surface area contributed by atoms with E-state index in [0.717, 1.165) is 0 Å². The second-order valence-electron chi connectivity index (χ2n) is 4.27. The maximum absolute atomic E-state index is 11.8. The van der Waals surface area contributed by atoms with Gasteiger partial charge in [-0.15, -0.1) is 0 Å². The molecule has 2 rings (SSSR count). The lowest BCUT2D eigenvalue weighted by molar-refractivity contribution is -0.142. The topological polar surface area (TPSA) is 69.6 Å². The molecule has 0 radical (unpaired) electrons. The molecule has 102 valence electrons. The lowest BCUT2D eigenvalue weighted by atomic mass is 10.3. The number of amides is 2. The highest BCUT2D eigenvalue weighted by Crippen LogP contribution is 2.25. The van der Waals surface area contributed by atoms with Crippen molar-refractivity contribution in [3.05, 3.63) is 28.2 Å². The van der Waals surface area contributed by atoms with E-state index in [0.29, 0.717) is 23.7 Å². The first-order chi connectivity index (χ1) is 8.97. The molecule has 1 fully saturated rings. The molecule has 2 amide bonds. The van der Waals surface area contributed by atoms with Crippen LogP contribution in [0.3, 0.4) is 0 Å². The smallest absolute Gasteiger partial charge is 0.313 e. The van der Waals surface area contributed by atoms with Gasteiger partial charge in [-0.3, -0.25) is 9.59 Å². The number of rotatable bonds is 1. The number of carbonyl (C=O) groups excluding carboxylic acids is 2. The fourth-order valence-corrected chi connectivity index (χ4v) is 2.29. The number of aliphatic hydroxyl groups is 1. The number of nitrogens with one attached hydrogen (secondary N) is 1. The molecule has 0 bridgehead atoms. The first-order valence-corrected chi connectivity index (χ1v) is 6.46. The van der Waals surface area contributed by atoms with Crippen LogP contribution in [0.1, 0.15) is 6.42 Å². The van der Waals surface area contributed by atoms with Crippen LogP contribution in [0.15, 0.2) is 18.2 Å². The third-order valence-corrected chi connectivity index (χ3v) is 3.37. The molecule has 5 nitrogen and oxygen atoms in total. The average Bonchev–Trinajstić information content (AvgIpc) is 2.78. The number of hydrogen-bond donors (Lipinski definition) is 2. The van der Waals surface area contributed by atoms with Gasteiger partial charge in [0.25, 0.3) is 0 Å². The Morgan fingerprint density at radius 1 is 1.37 bits per heavy atom. The van der Waals surface area contributed by atoms with Crippen molar-refractivity contribution >= 4 is 40.7 Å². The molecule has 2 N–H and O–H groups in total. The van der Waals surface area contributed by atoms with Gasteiger partial charge < -0.3 is 15.3 Å². The van der Waals surface area contributed by atoms with Crippen LogP contribution in [0.4, 0.5) is 5.69 Å². The summed E-state index contributed by atoms with van der Waals surface area (Å²) >= 11 is 11.6. The molecule has 0 saturated carbocycles. The molecular formula is C12H12Cl2N2O3. The Bertz CT molecular complexity index is 522. The Kier molecular flexibility index (Phi) is 4.29. The molecular weight excluding hydrogens is 291 g/mol. The van der Waals surface area contributed by atoms with Gasteiger partial charge in [0.2, 0.25) is 0 Å². The highest BCUT2D eigenvalue weighted by atomic mass is 35.5. The molecule has 1 aromatic carbocycles. The minimum atomic E-state index is -0.779. The first kappa shape index (κ1) is 14.1. The molecule has 0 aromatic heterocycles. The molecule has 7 heteroatoms. The molecule has 1 aliphatic rings. The minimum absolute atomic E-state index is 0.181. The van der Waals surface area contributed by atoms with E-state index in [2.05, 4.69) is 5.32 Å². The van der Waals surface area contributed by atoms with Crippen LogP contribution in [0, 0.1) is 0 Å². The number of anilines is 1. The van der Waals surface area contributed by atoms with Crippen LogP contribution in [-0.2, 0) is 9.59 Å². The van der Waals surface area contributed by atoms with Crippen molar-refractivity contribution in [1.29, 1.82) is 0 Å². The lowest BCUT2D eigenvalue weighted by Gasteiger charge is -2.15. The Hall–Kier alpha value is -1.30. The van der Waals surface area contributed by atoms with Gasteiger partial charge in [-0.1, -0.05) is 23.2 Å². The van der Waals surface area contributed by atoms with Crippen LogP contribution in [0.5, 0.6) is 0 Å². The van der Waals surface area contributed by atoms with Gasteiger partial charge in [-0.05, 0) is 24.6 Å². The summed E-state index contributed by atoms with van der Waals surface area (Å²) in [5.41, 5.74) is 0.323. The molecule has 0 unspecified atom stereocenters. The summed E-state index contributed by atoms with van der Waals surface area (Å²) in [6.45, 7) is 0.558. The number of hydrogen-bond acceptors (Lipinski definition) is 3. The Morgan fingerprint density at radius 3 is 2.68 bits per heavy atom. The second-order valence-corrected chi connectivity index (χ2v) is 5.12. The number of benzene rings is 1. The summed E-state index contributed by atoms with van der Waals surface area (Å²) in [5, 5.41) is 12.5. The van der Waals surface area contributed by atoms with E-state index in [-0.39, 0.29) is 11.6 Å². The van der Waals surface area contributed by atoms with Gasteiger partial charge in [0.05, 0.1) is 16.8 Å². The number of β-amino-alcohol motifs (C(OH)–C–C–N with tert-alkyl or cyclic N) is 1. The fraction of sp³-hybridized carbons (Fsp3) is 0.333. The van der Waals surface area contributed by atoms with E-state index in [1.807, 2.05) is 0 Å². The molecule has 1 atom stereocenters. The van der Waals surface area contributed by atoms with E-state index in [1.165, 1.54) is 17.0 Å². The summed E-state index contributed by atoms with van der Waals surface area (Å²) in [6, 6.07) is 4.56. The van der Waals surface area contributed by atoms with Crippen molar-refractivity contribution in [2.24, 2.45) is 0 Å². The number of aliphatic hydroxyl groups excluding tert-OH is 1. The van der Waals surface area contributed by atoms with Gasteiger partial charge >= 0.3 is 11.8 Å². The monoisotopic (exact) mass is 302 g/mol. The number of likely N-dealkylation sites (tertiary alicyclic amines) is 1. The Balaban J connectivity index is 2.02. The van der Waals surface area contributed by atoms with Crippen molar-refractivity contribution in [1.82, 2.24) is 4.90 Å². The van der Waals surface area contributed by atoms with Crippen LogP contribution in [0.25, 0.3) is 0 Å². The predicted octanol–water partition coefficient (Wildman–Crippen LogP) is 1.53. The highest BCUT2D eigenvalue weighted by molar-refractivity contribution is 6.42. The van der Waals surface area contributed by atoms with Gasteiger partial charge in [-0.25, -0.2) is 0 Å². The molecule has 0 aliphatic carbocycles. The quantitative estimate of drug-likeness (QED) is 0.773. The van der Waals surface area contributed by atoms with Crippen LogP contribution >= 0.6 is 23.2 Å². The minimum Gasteiger partial charge on any atom is -0.391 e. The summed E-state index contributed by atoms with van der Waals surface area (Å²) in [6.07, 6.45) is -0.0726. The van der Waals surface area contributed by atoms with E-state index in [1.54, 1.807) is 6.07 Å². The third kappa shape index (κ3) is 3.37. The van der Waals surface area contributed by atoms with Gasteiger partial charge in [0.15, 0.2) is 0 Å². The van der Waals surface area contributed by atoms with Gasteiger partial charge in [-0.2, -0.15) is 0 Å². The maximum Gasteiger partial charge on any atom is 0.313 e. The van der Waals surface area contributed by atoms with Crippen LogP contribution in [0.2, 0.25) is 10.0 Å². The first-order valence-electron chi connectivity index (χ1n) is 5.71. The zero-order chi connectivity index (χ0) is 14.0. The Morgan fingerprint density at radius 2 is 2.11 bits per heavy atom. The summed E-state index contributed by atoms with van der Waals surface area (Å²) in [5.74, 6) is -1.46. The fourth-order valence-electron chi connectivity index (χ4n) is 1.84. The molecule has 1 heterocycles. The average molecular weight is 303 g/mol. The normalized spacial score (nSPS) is 18.5. The van der Waals surface area contributed by atoms with E-state index < -0.39 is 17.9 Å². The maximum atomic E-state index is 11.8. The molecule has 1 aromatic rings. The zero-order valence-electron chi connectivity index (χ0n) is 9.90. The van der Waals surface area contributed by atoms with Crippen molar-refractivity contribution in [2.75, 3.05) is 18.4 Å². The second kappa shape index (κ2) is 5.77. The van der Waals surface area contributed by atoms with E-state index in [4.69, 9.17) is 23.2 Å². The number of halogens is 2. The van der Waals surface area contributed by atoms with E-state index >= 15 is 0 Å². The van der Waals surface area contributed by atoms with Gasteiger partial charge in [0.1, 0.15) is 0 Å². The summed E-state index contributed by atoms with van der Waals surface area (Å²) in [7, 11) is 0. The largest absolute Gasteiger partial charge is 0.391 e. The van der Waals surface area contributed by atoms with Crippen molar-refractivity contribution in [3.8, 4) is 0 Å². The standard InChI is InChI=1S/C12H12Cl2N2O3/c13-7-1-2-10(9(14)5-7)15-11(18)12(19)16-4-3-8(17)6-16/h1-2,5,8,17H,3-4,6H2,(H,15,18)/t8-/m1/s1. The number of nitrogens with zero attached hydrogens (tertiary/aromatic N) is 1.